The Balaban J connectivity index is 1.77. The van der Waals surface area contributed by atoms with E-state index in [-0.39, 0.29) is 5.91 Å². The van der Waals surface area contributed by atoms with Gasteiger partial charge in [-0.2, -0.15) is 5.10 Å². The lowest BCUT2D eigenvalue weighted by atomic mass is 10.0. The van der Waals surface area contributed by atoms with E-state index in [1.807, 2.05) is 55.6 Å². The van der Waals surface area contributed by atoms with E-state index in [1.165, 1.54) is 0 Å². The van der Waals surface area contributed by atoms with Crippen molar-refractivity contribution in [3.05, 3.63) is 66.4 Å². The molecular weight excluding hydrogens is 350 g/mol. The van der Waals surface area contributed by atoms with Gasteiger partial charge < -0.3 is 10.2 Å². The number of aromatic nitrogens is 3. The first-order valence-corrected chi connectivity index (χ1v) is 9.01. The normalized spacial score (nSPS) is 10.8. The summed E-state index contributed by atoms with van der Waals surface area (Å²) in [7, 11) is 5.39. The average molecular weight is 371 g/mol. The first-order valence-electron chi connectivity index (χ1n) is 9.01. The summed E-state index contributed by atoms with van der Waals surface area (Å²) in [6.45, 7) is 0. The van der Waals surface area contributed by atoms with Crippen LogP contribution in [0.1, 0.15) is 10.4 Å². The molecule has 0 aliphatic rings. The van der Waals surface area contributed by atoms with Crippen molar-refractivity contribution < 1.29 is 4.79 Å². The van der Waals surface area contributed by atoms with Gasteiger partial charge in [-0.3, -0.25) is 9.89 Å². The van der Waals surface area contributed by atoms with Crippen LogP contribution in [0.5, 0.6) is 0 Å². The van der Waals surface area contributed by atoms with Crippen molar-refractivity contribution in [3.63, 3.8) is 0 Å². The number of benzene rings is 2. The molecule has 0 fully saturated rings. The summed E-state index contributed by atoms with van der Waals surface area (Å²) in [6.07, 6.45) is 1.79. The maximum Gasteiger partial charge on any atom is 0.253 e. The van der Waals surface area contributed by atoms with Crippen molar-refractivity contribution in [1.82, 2.24) is 20.1 Å². The molecule has 0 aliphatic heterocycles. The van der Waals surface area contributed by atoms with E-state index >= 15 is 0 Å². The number of aromatic amines is 1. The van der Waals surface area contributed by atoms with Gasteiger partial charge in [-0.1, -0.05) is 24.3 Å². The number of H-pyrrole nitrogens is 1. The molecule has 0 atom stereocenters. The fourth-order valence-corrected chi connectivity index (χ4v) is 3.17. The molecule has 4 aromatic rings. The van der Waals surface area contributed by atoms with Crippen LogP contribution in [0.4, 0.5) is 5.69 Å². The second kappa shape index (κ2) is 7.15. The highest BCUT2D eigenvalue weighted by Crippen LogP contribution is 2.30. The van der Waals surface area contributed by atoms with Gasteiger partial charge in [0.1, 0.15) is 0 Å². The van der Waals surface area contributed by atoms with Gasteiger partial charge in [-0.05, 0) is 35.9 Å². The predicted molar refractivity (Wildman–Crippen MR) is 112 cm³/mol. The van der Waals surface area contributed by atoms with Crippen molar-refractivity contribution in [1.29, 1.82) is 0 Å². The molecule has 2 aromatic heterocycles. The minimum Gasteiger partial charge on any atom is -0.388 e. The summed E-state index contributed by atoms with van der Waals surface area (Å²) in [4.78, 5) is 18.4. The number of pyridine rings is 1. The molecule has 0 aliphatic carbocycles. The molecule has 2 aromatic carbocycles. The van der Waals surface area contributed by atoms with Crippen molar-refractivity contribution in [3.8, 4) is 22.4 Å². The first-order chi connectivity index (χ1) is 13.6. The van der Waals surface area contributed by atoms with Gasteiger partial charge in [-0.15, -0.1) is 0 Å². The number of hydrogen-bond donors (Lipinski definition) is 2. The number of carbonyl (C=O) groups excluding carboxylic acids is 1. The number of nitrogens with zero attached hydrogens (tertiary/aromatic N) is 3. The molecule has 2 heterocycles. The van der Waals surface area contributed by atoms with E-state index in [4.69, 9.17) is 0 Å². The minimum absolute atomic E-state index is 0.0236. The lowest BCUT2D eigenvalue weighted by Crippen LogP contribution is -2.21. The topological polar surface area (TPSA) is 73.9 Å². The molecule has 1 amide bonds. The Morgan fingerprint density at radius 3 is 2.50 bits per heavy atom. The number of carbonyl (C=O) groups is 1. The monoisotopic (exact) mass is 371 g/mol. The summed E-state index contributed by atoms with van der Waals surface area (Å²) in [5.74, 6) is -0.0236. The Morgan fingerprint density at radius 2 is 1.79 bits per heavy atom. The van der Waals surface area contributed by atoms with E-state index in [1.54, 1.807) is 25.2 Å². The van der Waals surface area contributed by atoms with E-state index in [2.05, 4.69) is 26.6 Å². The molecule has 0 radical (unpaired) electrons. The molecule has 28 heavy (non-hydrogen) atoms. The molecule has 6 nitrogen and oxygen atoms in total. The number of anilines is 1. The molecule has 0 spiro atoms. The fourth-order valence-electron chi connectivity index (χ4n) is 3.17. The largest absolute Gasteiger partial charge is 0.388 e. The third-order valence-electron chi connectivity index (χ3n) is 4.72. The molecule has 0 unspecified atom stereocenters. The van der Waals surface area contributed by atoms with Gasteiger partial charge in [0.2, 0.25) is 0 Å². The summed E-state index contributed by atoms with van der Waals surface area (Å²) < 4.78 is 0. The summed E-state index contributed by atoms with van der Waals surface area (Å²) in [5, 5.41) is 11.5. The number of rotatable bonds is 4. The third-order valence-corrected chi connectivity index (χ3v) is 4.72. The molecule has 140 valence electrons. The molecule has 0 bridgehead atoms. The molecule has 6 heteroatoms. The highest BCUT2D eigenvalue weighted by Gasteiger charge is 2.12. The van der Waals surface area contributed by atoms with E-state index in [9.17, 15) is 4.79 Å². The minimum atomic E-state index is -0.0236. The van der Waals surface area contributed by atoms with Gasteiger partial charge >= 0.3 is 0 Å². The highest BCUT2D eigenvalue weighted by atomic mass is 16.2. The van der Waals surface area contributed by atoms with E-state index in [0.29, 0.717) is 11.2 Å². The van der Waals surface area contributed by atoms with E-state index < -0.39 is 0 Å². The lowest BCUT2D eigenvalue weighted by Gasteiger charge is -2.11. The Hall–Kier alpha value is -3.67. The summed E-state index contributed by atoms with van der Waals surface area (Å²) >= 11 is 0. The molecule has 2 N–H and O–H groups in total. The molecule has 0 saturated carbocycles. The third kappa shape index (κ3) is 3.20. The zero-order valence-electron chi connectivity index (χ0n) is 16.0. The Bertz CT molecular complexity index is 1150. The summed E-state index contributed by atoms with van der Waals surface area (Å²) in [6, 6.07) is 17.8. The predicted octanol–water partition coefficient (Wildman–Crippen LogP) is 4.04. The van der Waals surface area contributed by atoms with Gasteiger partial charge in [0.15, 0.2) is 5.65 Å². The number of fused-ring (bicyclic) bond motifs is 1. The fraction of sp³-hybridized carbons (Fsp3) is 0.136. The number of hydrogen-bond acceptors (Lipinski definition) is 4. The average Bonchev–Trinajstić information content (AvgIpc) is 3.16. The van der Waals surface area contributed by atoms with Gasteiger partial charge in [0.05, 0.1) is 5.69 Å². The Labute approximate surface area is 163 Å². The van der Waals surface area contributed by atoms with Crippen LogP contribution < -0.4 is 5.32 Å². The Kier molecular flexibility index (Phi) is 4.53. The number of amides is 1. The SMILES string of the molecule is CNc1ccc(-c2[nH]nc3ncc(-c4cccc(C(=O)N(C)C)c4)cc23)cc1. The lowest BCUT2D eigenvalue weighted by molar-refractivity contribution is 0.0827. The second-order valence-electron chi connectivity index (χ2n) is 6.80. The zero-order chi connectivity index (χ0) is 19.7. The van der Waals surface area contributed by atoms with Crippen LogP contribution in [0.3, 0.4) is 0 Å². The second-order valence-corrected chi connectivity index (χ2v) is 6.80. The molecule has 4 rings (SSSR count). The van der Waals surface area contributed by atoms with Gasteiger partial charge in [0.25, 0.3) is 5.91 Å². The van der Waals surface area contributed by atoms with Crippen LogP contribution in [-0.2, 0) is 0 Å². The maximum atomic E-state index is 12.3. The highest BCUT2D eigenvalue weighted by molar-refractivity contribution is 5.96. The van der Waals surface area contributed by atoms with Crippen LogP contribution in [0.2, 0.25) is 0 Å². The van der Waals surface area contributed by atoms with Crippen LogP contribution >= 0.6 is 0 Å². The molecular formula is C22H21N5O. The van der Waals surface area contributed by atoms with Gasteiger partial charge in [0, 0.05) is 55.1 Å². The van der Waals surface area contributed by atoms with E-state index in [0.717, 1.165) is 33.5 Å². The van der Waals surface area contributed by atoms with Crippen molar-refractivity contribution in [2.75, 3.05) is 26.5 Å². The Morgan fingerprint density at radius 1 is 1.00 bits per heavy atom. The van der Waals surface area contributed by atoms with Crippen molar-refractivity contribution >= 4 is 22.6 Å². The van der Waals surface area contributed by atoms with Crippen LogP contribution in [-0.4, -0.2) is 47.1 Å². The number of nitrogens with one attached hydrogen (secondary N) is 2. The van der Waals surface area contributed by atoms with Gasteiger partial charge in [-0.25, -0.2) is 4.98 Å². The van der Waals surface area contributed by atoms with Crippen molar-refractivity contribution in [2.24, 2.45) is 0 Å². The van der Waals surface area contributed by atoms with Crippen molar-refractivity contribution in [2.45, 2.75) is 0 Å². The molecule has 0 saturated heterocycles. The smallest absolute Gasteiger partial charge is 0.253 e. The maximum absolute atomic E-state index is 12.3. The zero-order valence-corrected chi connectivity index (χ0v) is 16.0. The van der Waals surface area contributed by atoms with Crippen LogP contribution in [0, 0.1) is 0 Å². The first kappa shape index (κ1) is 17.7. The summed E-state index contributed by atoms with van der Waals surface area (Å²) in [5.41, 5.74) is 6.21. The van der Waals surface area contributed by atoms with Crippen LogP contribution in [0.25, 0.3) is 33.4 Å². The quantitative estimate of drug-likeness (QED) is 0.568. The standard InChI is InChI=1S/C22H21N5O/c1-23-18-9-7-14(8-10-18)20-19-12-17(13-24-21(19)26-25-20)15-5-4-6-16(11-15)22(28)27(2)3/h4-13,23H,1-3H3,(H,24,25,26). The van der Waals surface area contributed by atoms with Crippen LogP contribution in [0.15, 0.2) is 60.8 Å².